The number of hydrogen-bond donors (Lipinski definition) is 2. The molecular formula is C13H27NO. The van der Waals surface area contributed by atoms with Gasteiger partial charge in [-0.1, -0.05) is 20.3 Å². The first-order valence-electron chi connectivity index (χ1n) is 6.52. The first-order chi connectivity index (χ1) is 7.15. The van der Waals surface area contributed by atoms with Crippen LogP contribution in [0.2, 0.25) is 0 Å². The van der Waals surface area contributed by atoms with Gasteiger partial charge in [0, 0.05) is 18.7 Å². The van der Waals surface area contributed by atoms with Crippen molar-refractivity contribution >= 4 is 0 Å². The molecule has 1 aliphatic carbocycles. The standard InChI is InChI=1S/C13H27NO/c1-10-6-4-7-11(2)13(10)14-12(3)8-5-9-15/h10-15H,4-9H2,1-3H3/t10-,11-,12-/m0/s1. The van der Waals surface area contributed by atoms with Crippen molar-refractivity contribution in [1.82, 2.24) is 5.32 Å². The SMILES string of the molecule is C[C@@H](CCCO)NC1[C@@H](C)CCC[C@@H]1C. The van der Waals surface area contributed by atoms with Crippen molar-refractivity contribution in [2.24, 2.45) is 11.8 Å². The average molecular weight is 213 g/mol. The molecule has 0 aliphatic heterocycles. The molecule has 0 unspecified atom stereocenters. The number of hydrogen-bond acceptors (Lipinski definition) is 2. The molecule has 0 saturated heterocycles. The monoisotopic (exact) mass is 213 g/mol. The second kappa shape index (κ2) is 6.49. The van der Waals surface area contributed by atoms with Gasteiger partial charge in [0.1, 0.15) is 0 Å². The molecule has 0 heterocycles. The van der Waals surface area contributed by atoms with Gasteiger partial charge in [-0.3, -0.25) is 0 Å². The normalized spacial score (nSPS) is 30.4. The van der Waals surface area contributed by atoms with Gasteiger partial charge in [0.2, 0.25) is 0 Å². The summed E-state index contributed by atoms with van der Waals surface area (Å²) in [7, 11) is 0. The lowest BCUT2D eigenvalue weighted by atomic mass is 9.78. The Bertz CT molecular complexity index is 162. The van der Waals surface area contributed by atoms with Crippen LogP contribution in [-0.4, -0.2) is 23.8 Å². The van der Waals surface area contributed by atoms with E-state index in [4.69, 9.17) is 5.11 Å². The average Bonchev–Trinajstić information content (AvgIpc) is 2.21. The molecular weight excluding hydrogens is 186 g/mol. The second-order valence-corrected chi connectivity index (χ2v) is 5.34. The summed E-state index contributed by atoms with van der Waals surface area (Å²) in [5.41, 5.74) is 0. The first-order valence-corrected chi connectivity index (χ1v) is 6.52. The predicted octanol–water partition coefficient (Wildman–Crippen LogP) is 2.56. The molecule has 1 aliphatic rings. The summed E-state index contributed by atoms with van der Waals surface area (Å²) in [5, 5.41) is 12.5. The van der Waals surface area contributed by atoms with Crippen LogP contribution in [-0.2, 0) is 0 Å². The summed E-state index contributed by atoms with van der Waals surface area (Å²) < 4.78 is 0. The Morgan fingerprint density at radius 2 is 1.87 bits per heavy atom. The summed E-state index contributed by atoms with van der Waals surface area (Å²) in [6.07, 6.45) is 6.14. The molecule has 2 heteroatoms. The molecule has 0 spiro atoms. The van der Waals surface area contributed by atoms with Crippen molar-refractivity contribution in [3.8, 4) is 0 Å². The van der Waals surface area contributed by atoms with E-state index in [1.165, 1.54) is 19.3 Å². The second-order valence-electron chi connectivity index (χ2n) is 5.34. The molecule has 1 saturated carbocycles. The van der Waals surface area contributed by atoms with Crippen molar-refractivity contribution in [1.29, 1.82) is 0 Å². The molecule has 0 aromatic rings. The van der Waals surface area contributed by atoms with Gasteiger partial charge in [-0.15, -0.1) is 0 Å². The molecule has 0 radical (unpaired) electrons. The number of aliphatic hydroxyl groups is 1. The zero-order chi connectivity index (χ0) is 11.3. The van der Waals surface area contributed by atoms with E-state index in [1.54, 1.807) is 0 Å². The van der Waals surface area contributed by atoms with Crippen molar-refractivity contribution in [3.63, 3.8) is 0 Å². The van der Waals surface area contributed by atoms with Crippen LogP contribution in [0.5, 0.6) is 0 Å². The lowest BCUT2D eigenvalue weighted by Crippen LogP contribution is -2.46. The van der Waals surface area contributed by atoms with E-state index in [0.717, 1.165) is 24.7 Å². The number of aliphatic hydroxyl groups excluding tert-OH is 1. The molecule has 1 fully saturated rings. The summed E-state index contributed by atoms with van der Waals surface area (Å²) in [6, 6.07) is 1.23. The largest absolute Gasteiger partial charge is 0.396 e. The minimum absolute atomic E-state index is 0.321. The highest BCUT2D eigenvalue weighted by Gasteiger charge is 2.28. The number of nitrogens with one attached hydrogen (secondary N) is 1. The molecule has 3 atom stereocenters. The Morgan fingerprint density at radius 1 is 1.27 bits per heavy atom. The van der Waals surface area contributed by atoms with Gasteiger partial charge >= 0.3 is 0 Å². The zero-order valence-corrected chi connectivity index (χ0v) is 10.5. The minimum atomic E-state index is 0.321. The topological polar surface area (TPSA) is 32.3 Å². The molecule has 15 heavy (non-hydrogen) atoms. The van der Waals surface area contributed by atoms with Crippen LogP contribution in [0.4, 0.5) is 0 Å². The zero-order valence-electron chi connectivity index (χ0n) is 10.5. The van der Waals surface area contributed by atoms with Crippen LogP contribution >= 0.6 is 0 Å². The van der Waals surface area contributed by atoms with Crippen molar-refractivity contribution in [2.75, 3.05) is 6.61 Å². The quantitative estimate of drug-likeness (QED) is 0.735. The van der Waals surface area contributed by atoms with E-state index in [0.29, 0.717) is 18.7 Å². The lowest BCUT2D eigenvalue weighted by Gasteiger charge is -2.37. The van der Waals surface area contributed by atoms with Gasteiger partial charge in [-0.2, -0.15) is 0 Å². The smallest absolute Gasteiger partial charge is 0.0431 e. The maximum absolute atomic E-state index is 8.80. The van der Waals surface area contributed by atoms with E-state index in [9.17, 15) is 0 Å². The minimum Gasteiger partial charge on any atom is -0.396 e. The summed E-state index contributed by atoms with van der Waals surface area (Å²) in [4.78, 5) is 0. The molecule has 2 nitrogen and oxygen atoms in total. The molecule has 0 amide bonds. The van der Waals surface area contributed by atoms with E-state index >= 15 is 0 Å². The molecule has 0 aromatic heterocycles. The van der Waals surface area contributed by atoms with Gasteiger partial charge in [-0.25, -0.2) is 0 Å². The maximum atomic E-state index is 8.80. The van der Waals surface area contributed by atoms with Gasteiger partial charge in [0.05, 0.1) is 0 Å². The Hall–Kier alpha value is -0.0800. The van der Waals surface area contributed by atoms with E-state index < -0.39 is 0 Å². The van der Waals surface area contributed by atoms with Crippen molar-refractivity contribution in [2.45, 2.75) is 65.0 Å². The lowest BCUT2D eigenvalue weighted by molar-refractivity contribution is 0.188. The maximum Gasteiger partial charge on any atom is 0.0431 e. The highest BCUT2D eigenvalue weighted by Crippen LogP contribution is 2.29. The summed E-state index contributed by atoms with van der Waals surface area (Å²) >= 11 is 0. The first kappa shape index (κ1) is 13.0. The third-order valence-electron chi connectivity index (χ3n) is 3.82. The highest BCUT2D eigenvalue weighted by molar-refractivity contribution is 4.84. The fourth-order valence-corrected chi connectivity index (χ4v) is 2.82. The molecule has 0 aromatic carbocycles. The van der Waals surface area contributed by atoms with Crippen LogP contribution < -0.4 is 5.32 Å². The molecule has 0 bridgehead atoms. The van der Waals surface area contributed by atoms with Crippen LogP contribution in [0.3, 0.4) is 0 Å². The van der Waals surface area contributed by atoms with E-state index in [1.807, 2.05) is 0 Å². The molecule has 90 valence electrons. The summed E-state index contributed by atoms with van der Waals surface area (Å²) in [6.45, 7) is 7.30. The fourth-order valence-electron chi connectivity index (χ4n) is 2.82. The molecule has 2 N–H and O–H groups in total. The summed E-state index contributed by atoms with van der Waals surface area (Å²) in [5.74, 6) is 1.62. The Labute approximate surface area is 94.5 Å². The van der Waals surface area contributed by atoms with Gasteiger partial charge < -0.3 is 10.4 Å². The molecule has 1 rings (SSSR count). The van der Waals surface area contributed by atoms with Crippen LogP contribution in [0.1, 0.15) is 52.9 Å². The Balaban J connectivity index is 2.33. The van der Waals surface area contributed by atoms with Crippen LogP contribution in [0.25, 0.3) is 0 Å². The van der Waals surface area contributed by atoms with Crippen LogP contribution in [0, 0.1) is 11.8 Å². The fraction of sp³-hybridized carbons (Fsp3) is 1.00. The highest BCUT2D eigenvalue weighted by atomic mass is 16.2. The van der Waals surface area contributed by atoms with Crippen LogP contribution in [0.15, 0.2) is 0 Å². The van der Waals surface area contributed by atoms with Gasteiger partial charge in [-0.05, 0) is 44.4 Å². The van der Waals surface area contributed by atoms with E-state index in [2.05, 4.69) is 26.1 Å². The third-order valence-corrected chi connectivity index (χ3v) is 3.82. The van der Waals surface area contributed by atoms with Gasteiger partial charge in [0.25, 0.3) is 0 Å². The Kier molecular flexibility index (Phi) is 5.62. The van der Waals surface area contributed by atoms with Crippen molar-refractivity contribution in [3.05, 3.63) is 0 Å². The van der Waals surface area contributed by atoms with Crippen molar-refractivity contribution < 1.29 is 5.11 Å². The van der Waals surface area contributed by atoms with Gasteiger partial charge in [0.15, 0.2) is 0 Å². The predicted molar refractivity (Wildman–Crippen MR) is 64.9 cm³/mol. The third kappa shape index (κ3) is 4.12. The number of rotatable bonds is 5. The van der Waals surface area contributed by atoms with E-state index in [-0.39, 0.29) is 0 Å². The Morgan fingerprint density at radius 3 is 2.40 bits per heavy atom.